The van der Waals surface area contributed by atoms with E-state index in [2.05, 4.69) is 52.9 Å². The van der Waals surface area contributed by atoms with Crippen molar-refractivity contribution in [3.8, 4) is 0 Å². The van der Waals surface area contributed by atoms with E-state index in [1.807, 2.05) is 0 Å². The molecule has 2 fully saturated rings. The number of aliphatic hydroxyl groups is 4. The van der Waals surface area contributed by atoms with Crippen molar-refractivity contribution in [1.82, 2.24) is 39.0 Å². The van der Waals surface area contributed by atoms with Crippen LogP contribution in [0.3, 0.4) is 0 Å². The summed E-state index contributed by atoms with van der Waals surface area (Å²) in [6.07, 6.45) is -11.5. The van der Waals surface area contributed by atoms with Gasteiger partial charge in [0.05, 0.1) is 25.9 Å². The third-order valence-corrected chi connectivity index (χ3v) is 15.5. The Balaban J connectivity index is 1.02. The molecule has 6 rings (SSSR count). The van der Waals surface area contributed by atoms with Crippen LogP contribution in [0.2, 0.25) is 0 Å². The summed E-state index contributed by atoms with van der Waals surface area (Å²) in [5, 5.41) is 44.6. The number of nitrogen functional groups attached to an aromatic ring is 1. The van der Waals surface area contributed by atoms with E-state index in [1.54, 1.807) is 0 Å². The lowest BCUT2D eigenvalue weighted by atomic mass is 10.1. The number of H-pyrrole nitrogens is 2. The summed E-state index contributed by atoms with van der Waals surface area (Å²) in [6.45, 7) is -2.23. The summed E-state index contributed by atoms with van der Waals surface area (Å²) in [7, 11) is -21.4. The number of aromatic nitrogens is 8. The Morgan fingerprint density at radius 1 is 0.750 bits per heavy atom. The quantitative estimate of drug-likeness (QED) is 0.0521. The minimum absolute atomic E-state index is 0.00998. The summed E-state index contributed by atoms with van der Waals surface area (Å²) < 4.78 is 80.7. The van der Waals surface area contributed by atoms with Crippen molar-refractivity contribution in [2.45, 2.75) is 49.1 Å². The maximum Gasteiger partial charge on any atom is 0.479 e. The van der Waals surface area contributed by atoms with E-state index >= 15 is 0 Å². The van der Waals surface area contributed by atoms with Crippen molar-refractivity contribution in [3.05, 3.63) is 33.4 Å². The molecule has 34 heteroatoms. The largest absolute Gasteiger partial charge is 0.479 e. The molecule has 310 valence electrons. The fourth-order valence-corrected chi connectivity index (χ4v) is 12.3. The van der Waals surface area contributed by atoms with Crippen LogP contribution >= 0.6 is 30.8 Å². The molecular weight excluding hydrogens is 848 g/mol. The van der Waals surface area contributed by atoms with Crippen LogP contribution in [-0.2, 0) is 45.4 Å². The number of aliphatic hydroxyl groups excluding tert-OH is 4. The molecule has 56 heavy (non-hydrogen) atoms. The minimum Gasteiger partial charge on any atom is -0.387 e. The first-order valence-corrected chi connectivity index (χ1v) is 21.9. The first kappa shape index (κ1) is 42.3. The van der Waals surface area contributed by atoms with Gasteiger partial charge in [-0.2, -0.15) is 9.97 Å². The SMILES string of the molecule is CNc1nc2c(ncn2[C@@H]2O[C@H](COP(=O)(O)OP(=O)(O)CP(=O)(O)OP(=O)(O)OC[C@H]3O[C@@H](n4cnc5c(=O)[nH]c(N)nc54)[C@H](O)[C@@H]3O)[C@@H](O)[C@H]2O)c(=O)[nH]1. The van der Waals surface area contributed by atoms with Crippen LogP contribution in [0.15, 0.2) is 22.2 Å². The molecule has 0 amide bonds. The summed E-state index contributed by atoms with van der Waals surface area (Å²) in [6, 6.07) is 0. The smallest absolute Gasteiger partial charge is 0.387 e. The Kier molecular flexibility index (Phi) is 11.7. The number of aromatic amines is 2. The van der Waals surface area contributed by atoms with Crippen LogP contribution in [0.1, 0.15) is 12.5 Å². The van der Waals surface area contributed by atoms with Gasteiger partial charge in [0.25, 0.3) is 11.1 Å². The number of fused-ring (bicyclic) bond motifs is 2. The van der Waals surface area contributed by atoms with Gasteiger partial charge in [-0.05, 0) is 0 Å². The number of nitrogens with zero attached hydrogens (tertiary/aromatic N) is 6. The molecule has 13 N–H and O–H groups in total. The van der Waals surface area contributed by atoms with Crippen LogP contribution in [0, 0.1) is 0 Å². The molecule has 0 aromatic carbocycles. The van der Waals surface area contributed by atoms with Gasteiger partial charge in [-0.3, -0.25) is 46.9 Å². The van der Waals surface area contributed by atoms with E-state index in [0.717, 1.165) is 21.8 Å². The van der Waals surface area contributed by atoms with Crippen molar-refractivity contribution >= 4 is 65.1 Å². The van der Waals surface area contributed by atoms with Gasteiger partial charge in [0, 0.05) is 7.05 Å². The third kappa shape index (κ3) is 8.87. The average Bonchev–Trinajstić information content (AvgIpc) is 3.83. The Morgan fingerprint density at radius 2 is 1.18 bits per heavy atom. The number of phosphoric ester groups is 2. The molecular formula is C22H32N10O20P4. The summed E-state index contributed by atoms with van der Waals surface area (Å²) in [5.41, 5.74) is 3.47. The van der Waals surface area contributed by atoms with E-state index in [-0.39, 0.29) is 34.2 Å². The van der Waals surface area contributed by atoms with Gasteiger partial charge >= 0.3 is 30.8 Å². The van der Waals surface area contributed by atoms with Crippen molar-refractivity contribution < 1.29 is 85.4 Å². The molecule has 0 spiro atoms. The highest BCUT2D eigenvalue weighted by molar-refractivity contribution is 7.76. The third-order valence-electron chi connectivity index (χ3n) is 7.97. The minimum atomic E-state index is -5.75. The number of nitrogens with two attached hydrogens (primary N) is 1. The maximum absolute atomic E-state index is 12.6. The van der Waals surface area contributed by atoms with E-state index in [1.165, 1.54) is 7.05 Å². The van der Waals surface area contributed by atoms with Gasteiger partial charge in [0.15, 0.2) is 40.7 Å². The number of anilines is 2. The summed E-state index contributed by atoms with van der Waals surface area (Å²) in [4.78, 5) is 84.9. The number of nitrogens with one attached hydrogen (secondary N) is 3. The molecule has 0 bridgehead atoms. The first-order chi connectivity index (χ1) is 26.0. The van der Waals surface area contributed by atoms with Gasteiger partial charge in [-0.15, -0.1) is 0 Å². The summed E-state index contributed by atoms with van der Waals surface area (Å²) in [5.74, 6) is -2.41. The van der Waals surface area contributed by atoms with Gasteiger partial charge in [-0.25, -0.2) is 27.7 Å². The second-order valence-corrected chi connectivity index (χ2v) is 19.3. The normalized spacial score (nSPS) is 29.9. The number of imidazole rings is 2. The highest BCUT2D eigenvalue weighted by Gasteiger charge is 2.49. The number of hydrogen-bond donors (Lipinski definition) is 12. The van der Waals surface area contributed by atoms with Gasteiger partial charge < -0.3 is 60.5 Å². The van der Waals surface area contributed by atoms with Crippen molar-refractivity contribution in [2.24, 2.45) is 0 Å². The molecule has 2 aliphatic rings. The van der Waals surface area contributed by atoms with Gasteiger partial charge in [0.1, 0.15) is 36.6 Å². The fraction of sp³-hybridized carbons (Fsp3) is 0.545. The lowest BCUT2D eigenvalue weighted by Gasteiger charge is -2.22. The number of rotatable bonds is 15. The van der Waals surface area contributed by atoms with Crippen molar-refractivity contribution in [1.29, 1.82) is 0 Å². The zero-order valence-corrected chi connectivity index (χ0v) is 31.5. The zero-order valence-electron chi connectivity index (χ0n) is 27.9. The lowest BCUT2D eigenvalue weighted by molar-refractivity contribution is -0.0502. The molecule has 4 aromatic rings. The van der Waals surface area contributed by atoms with Crippen molar-refractivity contribution in [3.63, 3.8) is 0 Å². The predicted molar refractivity (Wildman–Crippen MR) is 180 cm³/mol. The monoisotopic (exact) mass is 880 g/mol. The predicted octanol–water partition coefficient (Wildman–Crippen LogP) is -3.29. The van der Waals surface area contributed by atoms with Crippen molar-refractivity contribution in [2.75, 3.05) is 37.2 Å². The van der Waals surface area contributed by atoms with Crippen LogP contribution in [-0.4, -0.2) is 142 Å². The molecule has 0 radical (unpaired) electrons. The second-order valence-electron chi connectivity index (χ2n) is 12.0. The number of hydrogen-bond acceptors (Lipinski definition) is 22. The van der Waals surface area contributed by atoms with E-state index < -0.39 is 110 Å². The Morgan fingerprint density at radius 3 is 1.62 bits per heavy atom. The van der Waals surface area contributed by atoms with E-state index in [9.17, 15) is 67.8 Å². The first-order valence-electron chi connectivity index (χ1n) is 15.4. The van der Waals surface area contributed by atoms with Crippen LogP contribution in [0.25, 0.3) is 22.3 Å². The molecule has 4 aromatic heterocycles. The average molecular weight is 880 g/mol. The maximum atomic E-state index is 12.6. The molecule has 12 atom stereocenters. The Bertz CT molecular complexity index is 2440. The summed E-state index contributed by atoms with van der Waals surface area (Å²) >= 11 is 0. The molecule has 30 nitrogen and oxygen atoms in total. The molecule has 2 aliphatic heterocycles. The molecule has 6 heterocycles. The zero-order chi connectivity index (χ0) is 41.1. The van der Waals surface area contributed by atoms with Gasteiger partial charge in [0.2, 0.25) is 11.9 Å². The molecule has 4 unspecified atom stereocenters. The molecule has 0 saturated carbocycles. The Labute approximate surface area is 309 Å². The number of phosphoric acid groups is 2. The van der Waals surface area contributed by atoms with E-state index in [4.69, 9.17) is 15.2 Å². The van der Waals surface area contributed by atoms with Crippen LogP contribution < -0.4 is 22.2 Å². The van der Waals surface area contributed by atoms with Gasteiger partial charge in [-0.1, -0.05) is 0 Å². The van der Waals surface area contributed by atoms with Crippen LogP contribution in [0.5, 0.6) is 0 Å². The highest BCUT2D eigenvalue weighted by Crippen LogP contribution is 2.70. The fourth-order valence-electron chi connectivity index (χ4n) is 5.54. The number of ether oxygens (including phenoxy) is 2. The Hall–Kier alpha value is -3.34. The highest BCUT2D eigenvalue weighted by atomic mass is 31.3. The standard InChI is InChI=1S/C22H32N10O20P4/c1-24-22-28-16-10(18(38)30-22)26-5-32(16)20-14(36)12(34)8(50-20)3-48-56(45,46)52-54(41,42)6-53(39,40)51-55(43,44)47-2-7-11(33)13(35)19(49-7)31-4-25-9-15(31)27-21(23)29-17(9)37/h4-5,7-8,11-14,19-20,33-36H,2-3,6H2,1H3,(H,39,40)(H,41,42)(H,43,44)(H,45,46)(H3,23,27,29,37)(H2,24,28,30,38)/t7-,8-,11-,12-,13-,14-,19-,20-/m1/s1. The lowest BCUT2D eigenvalue weighted by Crippen LogP contribution is -2.33. The topological polar surface area (TPSA) is 451 Å². The van der Waals surface area contributed by atoms with E-state index in [0.29, 0.717) is 0 Å². The van der Waals surface area contributed by atoms with Crippen LogP contribution in [0.4, 0.5) is 11.9 Å². The molecule has 0 aliphatic carbocycles. The molecule has 2 saturated heterocycles. The second kappa shape index (κ2) is 15.4.